The maximum Gasteiger partial charge on any atom is 0.138 e. The Morgan fingerprint density at radius 1 is 0.857 bits per heavy atom. The Labute approximate surface area is 169 Å². The Balaban J connectivity index is 1.36. The van der Waals surface area contributed by atoms with Crippen LogP contribution in [0.4, 0.5) is 0 Å². The van der Waals surface area contributed by atoms with Crippen molar-refractivity contribution >= 4 is 11.8 Å². The molecule has 0 saturated heterocycles. The van der Waals surface area contributed by atoms with Gasteiger partial charge in [0.1, 0.15) is 18.4 Å². The zero-order valence-corrected chi connectivity index (χ0v) is 16.5. The van der Waals surface area contributed by atoms with E-state index in [0.717, 1.165) is 17.2 Å². The molecule has 4 nitrogen and oxygen atoms in total. The Bertz CT molecular complexity index is 995. The summed E-state index contributed by atoms with van der Waals surface area (Å²) >= 11 is 1.84. The van der Waals surface area contributed by atoms with Gasteiger partial charge in [-0.1, -0.05) is 36.4 Å². The molecule has 0 radical (unpaired) electrons. The summed E-state index contributed by atoms with van der Waals surface area (Å²) in [6.07, 6.45) is 3.25. The average Bonchev–Trinajstić information content (AvgIpc) is 3.29. The normalized spacial score (nSPS) is 10.8. The van der Waals surface area contributed by atoms with Crippen LogP contribution in [0.5, 0.6) is 5.75 Å². The smallest absolute Gasteiger partial charge is 0.138 e. The van der Waals surface area contributed by atoms with E-state index in [1.165, 1.54) is 21.6 Å². The van der Waals surface area contributed by atoms with E-state index in [-0.39, 0.29) is 0 Å². The van der Waals surface area contributed by atoms with E-state index in [0.29, 0.717) is 6.61 Å². The van der Waals surface area contributed by atoms with Gasteiger partial charge in [-0.15, -0.1) is 11.8 Å². The maximum absolute atomic E-state index is 5.51. The van der Waals surface area contributed by atoms with Gasteiger partial charge < -0.3 is 4.74 Å². The number of thioether (sulfide) groups is 1. The Morgan fingerprint density at radius 3 is 2.14 bits per heavy atom. The lowest BCUT2D eigenvalue weighted by Gasteiger charge is -2.07. The molecule has 0 aliphatic heterocycles. The monoisotopic (exact) mass is 387 g/mol. The van der Waals surface area contributed by atoms with Crippen LogP contribution in [0.25, 0.3) is 16.8 Å². The van der Waals surface area contributed by atoms with Crippen LogP contribution in [-0.2, 0) is 5.75 Å². The summed E-state index contributed by atoms with van der Waals surface area (Å²) in [6, 6.07) is 25.4. The number of hydrogen-bond acceptors (Lipinski definition) is 4. The van der Waals surface area contributed by atoms with Gasteiger partial charge in [-0.05, 0) is 60.0 Å². The second kappa shape index (κ2) is 8.76. The molecule has 0 unspecified atom stereocenters. The fourth-order valence-corrected chi connectivity index (χ4v) is 3.76. The summed E-state index contributed by atoms with van der Waals surface area (Å²) < 4.78 is 7.27. The predicted molar refractivity (Wildman–Crippen MR) is 114 cm³/mol. The molecule has 3 aromatic carbocycles. The standard InChI is InChI=1S/C23H21N3OS/c1-2-27-22-11-5-19(6-12-22)20-7-13-23(14-8-20)28-15-18-3-9-21(10-4-18)26-17-24-16-25-26/h3-14,16-17H,2,15H2,1H3. The Kier molecular flexibility index (Phi) is 5.73. The van der Waals surface area contributed by atoms with Gasteiger partial charge in [-0.3, -0.25) is 0 Å². The average molecular weight is 388 g/mol. The molecule has 0 N–H and O–H groups in total. The first-order valence-electron chi connectivity index (χ1n) is 9.22. The van der Waals surface area contributed by atoms with Crippen molar-refractivity contribution in [1.82, 2.24) is 14.8 Å². The molecular weight excluding hydrogens is 366 g/mol. The van der Waals surface area contributed by atoms with Crippen molar-refractivity contribution < 1.29 is 4.74 Å². The number of nitrogens with zero attached hydrogens (tertiary/aromatic N) is 3. The largest absolute Gasteiger partial charge is 0.494 e. The highest BCUT2D eigenvalue weighted by atomic mass is 32.2. The molecule has 5 heteroatoms. The first-order chi connectivity index (χ1) is 13.8. The molecule has 140 valence electrons. The van der Waals surface area contributed by atoms with Gasteiger partial charge in [0.15, 0.2) is 0 Å². The summed E-state index contributed by atoms with van der Waals surface area (Å²) in [5.74, 6) is 1.84. The SMILES string of the molecule is CCOc1ccc(-c2ccc(SCc3ccc(-n4cncn4)cc3)cc2)cc1. The highest BCUT2D eigenvalue weighted by Gasteiger charge is 2.02. The number of ether oxygens (including phenoxy) is 1. The zero-order valence-electron chi connectivity index (χ0n) is 15.7. The molecule has 4 aromatic rings. The Morgan fingerprint density at radius 2 is 1.54 bits per heavy atom. The predicted octanol–water partition coefficient (Wildman–Crippen LogP) is 5.63. The fourth-order valence-electron chi connectivity index (χ4n) is 2.91. The maximum atomic E-state index is 5.51. The molecule has 0 amide bonds. The zero-order chi connectivity index (χ0) is 19.2. The van der Waals surface area contributed by atoms with E-state index in [2.05, 4.69) is 70.7 Å². The molecule has 0 fully saturated rings. The summed E-state index contributed by atoms with van der Waals surface area (Å²) in [6.45, 7) is 2.68. The third-order valence-corrected chi connectivity index (χ3v) is 5.46. The fraction of sp³-hybridized carbons (Fsp3) is 0.130. The number of aromatic nitrogens is 3. The van der Waals surface area contributed by atoms with Crippen molar-refractivity contribution in [3.8, 4) is 22.6 Å². The van der Waals surface area contributed by atoms with Crippen molar-refractivity contribution in [2.24, 2.45) is 0 Å². The molecule has 0 spiro atoms. The van der Waals surface area contributed by atoms with Crippen molar-refractivity contribution in [2.45, 2.75) is 17.6 Å². The molecule has 0 atom stereocenters. The van der Waals surface area contributed by atoms with Crippen molar-refractivity contribution in [2.75, 3.05) is 6.61 Å². The van der Waals surface area contributed by atoms with Gasteiger partial charge in [0, 0.05) is 10.6 Å². The minimum Gasteiger partial charge on any atom is -0.494 e. The van der Waals surface area contributed by atoms with Crippen LogP contribution in [0.1, 0.15) is 12.5 Å². The number of rotatable bonds is 7. The van der Waals surface area contributed by atoms with E-state index in [4.69, 9.17) is 4.74 Å². The molecule has 0 saturated carbocycles. The van der Waals surface area contributed by atoms with Crippen LogP contribution < -0.4 is 4.74 Å². The van der Waals surface area contributed by atoms with Crippen molar-refractivity contribution in [1.29, 1.82) is 0 Å². The van der Waals surface area contributed by atoms with Crippen LogP contribution in [0, 0.1) is 0 Å². The summed E-state index contributed by atoms with van der Waals surface area (Å²) in [5.41, 5.74) is 4.71. The van der Waals surface area contributed by atoms with Crippen LogP contribution in [0.2, 0.25) is 0 Å². The lowest BCUT2D eigenvalue weighted by molar-refractivity contribution is 0.340. The summed E-state index contributed by atoms with van der Waals surface area (Å²) in [5, 5.41) is 4.15. The third-order valence-electron chi connectivity index (χ3n) is 4.38. The molecule has 0 aliphatic carbocycles. The van der Waals surface area contributed by atoms with Gasteiger partial charge in [0.2, 0.25) is 0 Å². The van der Waals surface area contributed by atoms with Gasteiger partial charge in [-0.2, -0.15) is 5.10 Å². The van der Waals surface area contributed by atoms with E-state index < -0.39 is 0 Å². The molecule has 4 rings (SSSR count). The van der Waals surface area contributed by atoms with E-state index in [9.17, 15) is 0 Å². The van der Waals surface area contributed by atoms with Gasteiger partial charge in [-0.25, -0.2) is 9.67 Å². The minimum absolute atomic E-state index is 0.689. The molecule has 0 bridgehead atoms. The van der Waals surface area contributed by atoms with E-state index >= 15 is 0 Å². The van der Waals surface area contributed by atoms with Gasteiger partial charge in [0.25, 0.3) is 0 Å². The molecular formula is C23H21N3OS. The van der Waals surface area contributed by atoms with Crippen molar-refractivity contribution in [3.63, 3.8) is 0 Å². The van der Waals surface area contributed by atoms with Crippen LogP contribution in [-0.4, -0.2) is 21.4 Å². The topological polar surface area (TPSA) is 39.9 Å². The number of benzene rings is 3. The lowest BCUT2D eigenvalue weighted by Crippen LogP contribution is -1.94. The van der Waals surface area contributed by atoms with Crippen molar-refractivity contribution in [3.05, 3.63) is 91.0 Å². The molecule has 1 heterocycles. The molecule has 28 heavy (non-hydrogen) atoms. The van der Waals surface area contributed by atoms with Gasteiger partial charge in [0.05, 0.1) is 12.3 Å². The summed E-state index contributed by atoms with van der Waals surface area (Å²) in [4.78, 5) is 5.24. The minimum atomic E-state index is 0.689. The van der Waals surface area contributed by atoms with Crippen LogP contribution in [0.3, 0.4) is 0 Å². The lowest BCUT2D eigenvalue weighted by atomic mass is 10.1. The second-order valence-electron chi connectivity index (χ2n) is 6.28. The third kappa shape index (κ3) is 4.43. The van der Waals surface area contributed by atoms with E-state index in [1.54, 1.807) is 17.3 Å². The first kappa shape index (κ1) is 18.3. The quantitative estimate of drug-likeness (QED) is 0.386. The van der Waals surface area contributed by atoms with Crippen LogP contribution >= 0.6 is 11.8 Å². The summed E-state index contributed by atoms with van der Waals surface area (Å²) in [7, 11) is 0. The molecule has 1 aromatic heterocycles. The highest BCUT2D eigenvalue weighted by molar-refractivity contribution is 7.98. The highest BCUT2D eigenvalue weighted by Crippen LogP contribution is 2.27. The second-order valence-corrected chi connectivity index (χ2v) is 7.33. The first-order valence-corrected chi connectivity index (χ1v) is 10.2. The van der Waals surface area contributed by atoms with Gasteiger partial charge >= 0.3 is 0 Å². The van der Waals surface area contributed by atoms with Crippen LogP contribution in [0.15, 0.2) is 90.3 Å². The van der Waals surface area contributed by atoms with E-state index in [1.807, 2.05) is 30.8 Å². The Hall–Kier alpha value is -3.05. The number of hydrogen-bond donors (Lipinski definition) is 0. The molecule has 0 aliphatic rings.